The summed E-state index contributed by atoms with van der Waals surface area (Å²) >= 11 is 0. The number of aromatic nitrogens is 2. The summed E-state index contributed by atoms with van der Waals surface area (Å²) in [5.74, 6) is 0.470. The van der Waals surface area contributed by atoms with Crippen molar-refractivity contribution in [2.24, 2.45) is 0 Å². The van der Waals surface area contributed by atoms with Crippen molar-refractivity contribution in [2.75, 3.05) is 13.1 Å². The first-order valence-corrected chi connectivity index (χ1v) is 10.0. The van der Waals surface area contributed by atoms with Crippen LogP contribution in [0.4, 0.5) is 0 Å². The maximum atomic E-state index is 12.8. The first kappa shape index (κ1) is 16.6. The third kappa shape index (κ3) is 4.01. The van der Waals surface area contributed by atoms with Gasteiger partial charge in [-0.25, -0.2) is 8.42 Å². The molecule has 1 saturated heterocycles. The topological polar surface area (TPSA) is 72.4 Å². The fourth-order valence-electron chi connectivity index (χ4n) is 3.43. The van der Waals surface area contributed by atoms with E-state index in [0.717, 1.165) is 50.6 Å². The van der Waals surface area contributed by atoms with Crippen molar-refractivity contribution in [3.05, 3.63) is 17.8 Å². The molecule has 1 aliphatic heterocycles. The predicted molar refractivity (Wildman–Crippen MR) is 87.8 cm³/mol. The SMILES string of the molecule is Cc1ccc(O[C@H]2CCCN(S(=O)(=O)C3CCCCC3)C2)nn1. The second kappa shape index (κ2) is 7.13. The maximum absolute atomic E-state index is 12.8. The molecule has 128 valence electrons. The largest absolute Gasteiger partial charge is 0.472 e. The van der Waals surface area contributed by atoms with E-state index in [1.165, 1.54) is 0 Å². The maximum Gasteiger partial charge on any atom is 0.233 e. The second-order valence-corrected chi connectivity index (χ2v) is 8.77. The van der Waals surface area contributed by atoms with Crippen LogP contribution >= 0.6 is 0 Å². The molecule has 2 aliphatic rings. The average molecular weight is 339 g/mol. The molecule has 0 aromatic carbocycles. The summed E-state index contributed by atoms with van der Waals surface area (Å²) in [5, 5.41) is 7.79. The molecular formula is C16H25N3O3S. The Morgan fingerprint density at radius 2 is 1.87 bits per heavy atom. The zero-order chi connectivity index (χ0) is 16.3. The predicted octanol–water partition coefficient (Wildman–Crippen LogP) is 2.29. The number of nitrogens with zero attached hydrogens (tertiary/aromatic N) is 3. The van der Waals surface area contributed by atoms with Gasteiger partial charge in [0.1, 0.15) is 6.10 Å². The highest BCUT2D eigenvalue weighted by Crippen LogP contribution is 2.28. The van der Waals surface area contributed by atoms with Crippen LogP contribution in [0, 0.1) is 6.92 Å². The van der Waals surface area contributed by atoms with Crippen molar-refractivity contribution in [1.82, 2.24) is 14.5 Å². The first-order valence-electron chi connectivity index (χ1n) is 8.51. The molecule has 23 heavy (non-hydrogen) atoms. The number of ether oxygens (including phenoxy) is 1. The van der Waals surface area contributed by atoms with E-state index in [1.807, 2.05) is 13.0 Å². The first-order chi connectivity index (χ1) is 11.1. The number of hydrogen-bond donors (Lipinski definition) is 0. The smallest absolute Gasteiger partial charge is 0.233 e. The lowest BCUT2D eigenvalue weighted by molar-refractivity contribution is 0.122. The Hall–Kier alpha value is -1.21. The van der Waals surface area contributed by atoms with E-state index >= 15 is 0 Å². The molecular weight excluding hydrogens is 314 g/mol. The van der Waals surface area contributed by atoms with Gasteiger partial charge < -0.3 is 4.74 Å². The third-order valence-corrected chi connectivity index (χ3v) is 7.10. The fourth-order valence-corrected chi connectivity index (χ4v) is 5.53. The van der Waals surface area contributed by atoms with E-state index in [2.05, 4.69) is 10.2 Å². The van der Waals surface area contributed by atoms with Crippen molar-refractivity contribution in [3.63, 3.8) is 0 Å². The lowest BCUT2D eigenvalue weighted by atomic mass is 10.0. The molecule has 1 saturated carbocycles. The zero-order valence-electron chi connectivity index (χ0n) is 13.6. The molecule has 3 rings (SSSR count). The molecule has 1 atom stereocenters. The standard InChI is InChI=1S/C16H25N3O3S/c1-13-9-10-16(18-17-13)22-14-6-5-11-19(12-14)23(20,21)15-7-3-2-4-8-15/h9-10,14-15H,2-8,11-12H2,1H3/t14-/m0/s1. The van der Waals surface area contributed by atoms with Gasteiger partial charge in [0.15, 0.2) is 0 Å². The van der Waals surface area contributed by atoms with Gasteiger partial charge >= 0.3 is 0 Å². The average Bonchev–Trinajstić information content (AvgIpc) is 2.58. The van der Waals surface area contributed by atoms with Gasteiger partial charge in [0, 0.05) is 12.6 Å². The van der Waals surface area contributed by atoms with Crippen molar-refractivity contribution >= 4 is 10.0 Å². The number of sulfonamides is 1. The monoisotopic (exact) mass is 339 g/mol. The van der Waals surface area contributed by atoms with E-state index in [4.69, 9.17) is 4.74 Å². The van der Waals surface area contributed by atoms with Crippen LogP contribution in [-0.2, 0) is 10.0 Å². The third-order valence-electron chi connectivity index (χ3n) is 4.74. The summed E-state index contributed by atoms with van der Waals surface area (Å²) < 4.78 is 33.1. The minimum atomic E-state index is -3.20. The van der Waals surface area contributed by atoms with E-state index in [9.17, 15) is 8.42 Å². The van der Waals surface area contributed by atoms with Gasteiger partial charge in [0.25, 0.3) is 0 Å². The minimum Gasteiger partial charge on any atom is -0.472 e. The molecule has 2 fully saturated rings. The molecule has 0 amide bonds. The van der Waals surface area contributed by atoms with E-state index in [1.54, 1.807) is 10.4 Å². The molecule has 0 spiro atoms. The molecule has 2 heterocycles. The zero-order valence-corrected chi connectivity index (χ0v) is 14.5. The lowest BCUT2D eigenvalue weighted by Gasteiger charge is -2.35. The van der Waals surface area contributed by atoms with E-state index < -0.39 is 10.0 Å². The molecule has 1 aromatic rings. The number of rotatable bonds is 4. The van der Waals surface area contributed by atoms with Crippen LogP contribution in [-0.4, -0.2) is 47.4 Å². The molecule has 0 bridgehead atoms. The van der Waals surface area contributed by atoms with Gasteiger partial charge in [-0.2, -0.15) is 9.40 Å². The highest BCUT2D eigenvalue weighted by Gasteiger charge is 2.36. The van der Waals surface area contributed by atoms with Crippen molar-refractivity contribution in [1.29, 1.82) is 0 Å². The van der Waals surface area contributed by atoms with Crippen LogP contribution in [0.3, 0.4) is 0 Å². The van der Waals surface area contributed by atoms with Crippen LogP contribution in [0.1, 0.15) is 50.6 Å². The Morgan fingerprint density at radius 3 is 2.57 bits per heavy atom. The normalized spacial score (nSPS) is 24.5. The summed E-state index contributed by atoms with van der Waals surface area (Å²) in [6.07, 6.45) is 6.35. The minimum absolute atomic E-state index is 0.140. The molecule has 6 nitrogen and oxygen atoms in total. The van der Waals surface area contributed by atoms with Crippen molar-refractivity contribution in [2.45, 2.75) is 63.2 Å². The van der Waals surface area contributed by atoms with E-state index in [0.29, 0.717) is 19.0 Å². The Labute approximate surface area is 138 Å². The quantitative estimate of drug-likeness (QED) is 0.841. The molecule has 1 aromatic heterocycles. The number of aryl methyl sites for hydroxylation is 1. The second-order valence-electron chi connectivity index (χ2n) is 6.56. The highest BCUT2D eigenvalue weighted by molar-refractivity contribution is 7.89. The van der Waals surface area contributed by atoms with Crippen molar-refractivity contribution in [3.8, 4) is 5.88 Å². The van der Waals surface area contributed by atoms with Gasteiger partial charge in [0.2, 0.25) is 15.9 Å². The van der Waals surface area contributed by atoms with Gasteiger partial charge in [-0.05, 0) is 38.7 Å². The van der Waals surface area contributed by atoms with Crippen LogP contribution in [0.2, 0.25) is 0 Å². The number of piperidine rings is 1. The molecule has 7 heteroatoms. The van der Waals surface area contributed by atoms with E-state index in [-0.39, 0.29) is 11.4 Å². The summed E-state index contributed by atoms with van der Waals surface area (Å²) in [6, 6.07) is 3.64. The molecule has 0 radical (unpaired) electrons. The molecule has 0 N–H and O–H groups in total. The van der Waals surface area contributed by atoms with Gasteiger partial charge in [-0.15, -0.1) is 5.10 Å². The summed E-state index contributed by atoms with van der Waals surface area (Å²) in [4.78, 5) is 0. The van der Waals surface area contributed by atoms with Crippen molar-refractivity contribution < 1.29 is 13.2 Å². The van der Waals surface area contributed by atoms with Gasteiger partial charge in [0.05, 0.1) is 17.5 Å². The summed E-state index contributed by atoms with van der Waals surface area (Å²) in [7, 11) is -3.20. The Kier molecular flexibility index (Phi) is 5.16. The number of hydrogen-bond acceptors (Lipinski definition) is 5. The summed E-state index contributed by atoms with van der Waals surface area (Å²) in [5.41, 5.74) is 0.836. The van der Waals surface area contributed by atoms with Gasteiger partial charge in [-0.1, -0.05) is 19.3 Å². The van der Waals surface area contributed by atoms with Crippen LogP contribution in [0.5, 0.6) is 5.88 Å². The Morgan fingerprint density at radius 1 is 1.09 bits per heavy atom. The highest BCUT2D eigenvalue weighted by atomic mass is 32.2. The fraction of sp³-hybridized carbons (Fsp3) is 0.750. The molecule has 1 aliphatic carbocycles. The van der Waals surface area contributed by atoms with Crippen LogP contribution in [0.25, 0.3) is 0 Å². The Bertz CT molecular complexity index is 612. The van der Waals surface area contributed by atoms with Gasteiger partial charge in [-0.3, -0.25) is 0 Å². The van der Waals surface area contributed by atoms with Crippen LogP contribution < -0.4 is 4.74 Å². The van der Waals surface area contributed by atoms with Crippen LogP contribution in [0.15, 0.2) is 12.1 Å². The summed E-state index contributed by atoms with van der Waals surface area (Å²) in [6.45, 7) is 2.91. The Balaban J connectivity index is 1.64. The lowest BCUT2D eigenvalue weighted by Crippen LogP contribution is -2.48. The molecule has 0 unspecified atom stereocenters.